The number of hydrogen-bond donors (Lipinski definition) is 0. The number of fused-ring (bicyclic) bond motifs is 5. The molecule has 17 rings (SSSR count). The molecule has 464 valence electrons. The Bertz CT molecular complexity index is 5540. The van der Waals surface area contributed by atoms with Gasteiger partial charge in [-0.1, -0.05) is 317 Å². The first-order valence-corrected chi connectivity index (χ1v) is 33.9. The number of rotatable bonds is 15. The Morgan fingerprint density at radius 3 is 0.837 bits per heavy atom. The van der Waals surface area contributed by atoms with E-state index in [9.17, 15) is 0 Å². The highest BCUT2D eigenvalue weighted by Crippen LogP contribution is 2.59. The summed E-state index contributed by atoms with van der Waals surface area (Å²) < 4.78 is 0. The van der Waals surface area contributed by atoms with Gasteiger partial charge in [0.1, 0.15) is 0 Å². The maximum absolute atomic E-state index is 2.58. The van der Waals surface area contributed by atoms with Crippen LogP contribution in [0.2, 0.25) is 0 Å². The van der Waals surface area contributed by atoms with Crippen LogP contribution in [0.1, 0.15) is 25.0 Å². The van der Waals surface area contributed by atoms with Crippen LogP contribution in [0.25, 0.3) is 99.4 Å². The third-order valence-corrected chi connectivity index (χ3v) is 19.8. The summed E-state index contributed by atoms with van der Waals surface area (Å²) in [5, 5.41) is 4.50. The normalized spacial score (nSPS) is 12.1. The van der Waals surface area contributed by atoms with E-state index in [-0.39, 0.29) is 0 Å². The third-order valence-electron chi connectivity index (χ3n) is 19.8. The Labute approximate surface area is 574 Å². The third kappa shape index (κ3) is 10.7. The highest BCUT2D eigenvalue weighted by molar-refractivity contribution is 6.25. The summed E-state index contributed by atoms with van der Waals surface area (Å²) in [6.45, 7) is 4.88. The molecular formula is C95H69N3. The smallest absolute Gasteiger partial charge is 0.0620 e. The van der Waals surface area contributed by atoms with Crippen LogP contribution >= 0.6 is 0 Å². The molecule has 0 amide bonds. The van der Waals surface area contributed by atoms with E-state index < -0.39 is 5.41 Å². The lowest BCUT2D eigenvalue weighted by Gasteiger charge is -2.35. The van der Waals surface area contributed by atoms with E-state index in [0.717, 1.165) is 117 Å². The van der Waals surface area contributed by atoms with Crippen molar-refractivity contribution in [2.45, 2.75) is 19.3 Å². The molecule has 3 nitrogen and oxygen atoms in total. The van der Waals surface area contributed by atoms with Gasteiger partial charge in [0.25, 0.3) is 0 Å². The van der Waals surface area contributed by atoms with E-state index in [1.165, 1.54) is 44.5 Å². The first-order valence-electron chi connectivity index (χ1n) is 33.9. The molecule has 0 atom stereocenters. The molecule has 0 aliphatic heterocycles. The van der Waals surface area contributed by atoms with Crippen LogP contribution in [0.15, 0.2) is 382 Å². The first-order chi connectivity index (χ1) is 48.4. The number of benzene rings is 16. The van der Waals surface area contributed by atoms with Gasteiger partial charge in [-0.3, -0.25) is 0 Å². The van der Waals surface area contributed by atoms with Crippen molar-refractivity contribution in [3.63, 3.8) is 0 Å². The fourth-order valence-electron chi connectivity index (χ4n) is 15.1. The molecule has 98 heavy (non-hydrogen) atoms. The predicted octanol–water partition coefficient (Wildman–Crippen LogP) is 26.7. The molecule has 3 heteroatoms. The van der Waals surface area contributed by atoms with Crippen molar-refractivity contribution in [3.8, 4) is 77.9 Å². The van der Waals surface area contributed by atoms with Gasteiger partial charge in [-0.2, -0.15) is 0 Å². The second kappa shape index (κ2) is 25.3. The molecule has 0 saturated heterocycles. The van der Waals surface area contributed by atoms with E-state index >= 15 is 0 Å². The minimum absolute atomic E-state index is 0.475. The topological polar surface area (TPSA) is 9.72 Å². The molecule has 0 saturated carbocycles. The SMILES string of the molecule is CC1(C)c2cc(N(c3ccc(-c4ccccc4)cc3)c3ccccc3-c3ccccc3)ccc2-c2cc3c(N(c4ccc(-c5ccccc5)cc4)c4ccccc4-c4ccccc4)c4ccccc4c(N(c4ccc(-c5ccccc5)cc4)c4ccccc4-c4ccccc4)c3cc21. The Morgan fingerprint density at radius 1 is 0.184 bits per heavy atom. The van der Waals surface area contributed by atoms with E-state index in [1.54, 1.807) is 0 Å². The number of hydrogen-bond acceptors (Lipinski definition) is 3. The van der Waals surface area contributed by atoms with Crippen molar-refractivity contribution >= 4 is 72.7 Å². The van der Waals surface area contributed by atoms with Crippen LogP contribution in [0, 0.1) is 0 Å². The zero-order valence-corrected chi connectivity index (χ0v) is 54.7. The minimum Gasteiger partial charge on any atom is -0.310 e. The van der Waals surface area contributed by atoms with Crippen LogP contribution in [0.4, 0.5) is 51.2 Å². The summed E-state index contributed by atoms with van der Waals surface area (Å²) in [5.74, 6) is 0. The van der Waals surface area contributed by atoms with Crippen molar-refractivity contribution < 1.29 is 0 Å². The average molecular weight is 1250 g/mol. The van der Waals surface area contributed by atoms with E-state index in [1.807, 2.05) is 0 Å². The van der Waals surface area contributed by atoms with Crippen molar-refractivity contribution in [3.05, 3.63) is 393 Å². The lowest BCUT2D eigenvalue weighted by atomic mass is 9.81. The van der Waals surface area contributed by atoms with Gasteiger partial charge in [0.2, 0.25) is 0 Å². The maximum Gasteiger partial charge on any atom is 0.0620 e. The largest absolute Gasteiger partial charge is 0.310 e. The Hall–Kier alpha value is -12.6. The van der Waals surface area contributed by atoms with E-state index in [4.69, 9.17) is 0 Å². The van der Waals surface area contributed by atoms with Gasteiger partial charge in [0.15, 0.2) is 0 Å². The van der Waals surface area contributed by atoms with Gasteiger partial charge >= 0.3 is 0 Å². The molecule has 0 heterocycles. The molecule has 0 fully saturated rings. The van der Waals surface area contributed by atoms with Gasteiger partial charge in [-0.25, -0.2) is 0 Å². The molecular weight excluding hydrogens is 1180 g/mol. The molecule has 0 radical (unpaired) electrons. The van der Waals surface area contributed by atoms with Crippen LogP contribution in [-0.4, -0.2) is 0 Å². The second-order valence-corrected chi connectivity index (χ2v) is 25.9. The van der Waals surface area contributed by atoms with E-state index in [0.29, 0.717) is 0 Å². The van der Waals surface area contributed by atoms with Crippen molar-refractivity contribution in [2.24, 2.45) is 0 Å². The maximum atomic E-state index is 2.58. The number of anilines is 9. The average Bonchev–Trinajstić information content (AvgIpc) is 1.41. The Balaban J connectivity index is 0.956. The summed E-state index contributed by atoms with van der Waals surface area (Å²) in [7, 11) is 0. The molecule has 0 bridgehead atoms. The quantitative estimate of drug-likeness (QED) is 0.0748. The summed E-state index contributed by atoms with van der Waals surface area (Å²) in [6, 6.07) is 141. The summed E-state index contributed by atoms with van der Waals surface area (Å²) in [4.78, 5) is 7.59. The fourth-order valence-corrected chi connectivity index (χ4v) is 15.1. The molecule has 0 N–H and O–H groups in total. The zero-order valence-electron chi connectivity index (χ0n) is 54.7. The lowest BCUT2D eigenvalue weighted by Crippen LogP contribution is -2.18. The molecule has 0 spiro atoms. The fraction of sp³-hybridized carbons (Fsp3) is 0.0316. The van der Waals surface area contributed by atoms with Gasteiger partial charge in [0.05, 0.1) is 28.4 Å². The minimum atomic E-state index is -0.475. The highest BCUT2D eigenvalue weighted by atomic mass is 15.2. The standard InChI is InChI=1S/C95H69N3/c1-95(2)88-63-78(96(75-55-49-69(50-56-75)66-29-9-3-10-30-66)90-46-26-23-41-79(90)72-35-15-6-16-36-72)61-62-82(88)85-64-86-87(65-89(85)95)94(98(77-59-53-71(54-60-77)68-33-13-5-14-34-68)92-48-28-25-43-81(92)74-39-19-8-20-40-74)84-45-22-21-44-83(84)93(86)97(76-57-51-70(52-58-76)67-31-11-4-12-32-67)91-47-27-24-42-80(91)73-37-17-7-18-38-73/h3-65H,1-2H3. The molecule has 16 aromatic rings. The summed E-state index contributed by atoms with van der Waals surface area (Å²) in [5.41, 5.74) is 28.1. The second-order valence-electron chi connectivity index (χ2n) is 25.9. The Morgan fingerprint density at radius 2 is 0.459 bits per heavy atom. The Kier molecular flexibility index (Phi) is 15.3. The molecule has 1 aliphatic rings. The van der Waals surface area contributed by atoms with Crippen molar-refractivity contribution in [1.82, 2.24) is 0 Å². The molecule has 16 aromatic carbocycles. The molecule has 1 aliphatic carbocycles. The van der Waals surface area contributed by atoms with Crippen LogP contribution in [0.3, 0.4) is 0 Å². The van der Waals surface area contributed by atoms with Gasteiger partial charge in [-0.05, 0) is 151 Å². The zero-order chi connectivity index (χ0) is 65.5. The molecule has 0 aromatic heterocycles. The lowest BCUT2D eigenvalue weighted by molar-refractivity contribution is 0.661. The van der Waals surface area contributed by atoms with Crippen molar-refractivity contribution in [2.75, 3.05) is 14.7 Å². The predicted molar refractivity (Wildman–Crippen MR) is 416 cm³/mol. The monoisotopic (exact) mass is 1250 g/mol. The van der Waals surface area contributed by atoms with Gasteiger partial charge in [0, 0.05) is 66.4 Å². The summed E-state index contributed by atoms with van der Waals surface area (Å²) in [6.07, 6.45) is 0. The first kappa shape index (κ1) is 59.2. The van der Waals surface area contributed by atoms with Gasteiger partial charge in [-0.15, -0.1) is 0 Å². The van der Waals surface area contributed by atoms with Crippen molar-refractivity contribution in [1.29, 1.82) is 0 Å². The summed E-state index contributed by atoms with van der Waals surface area (Å²) >= 11 is 0. The van der Waals surface area contributed by atoms with E-state index in [2.05, 4.69) is 411 Å². The van der Waals surface area contributed by atoms with Gasteiger partial charge < -0.3 is 14.7 Å². The van der Waals surface area contributed by atoms with Crippen LogP contribution in [-0.2, 0) is 5.41 Å². The molecule has 0 unspecified atom stereocenters. The number of nitrogens with zero attached hydrogens (tertiary/aromatic N) is 3. The van der Waals surface area contributed by atoms with Crippen LogP contribution in [0.5, 0.6) is 0 Å². The van der Waals surface area contributed by atoms with Crippen LogP contribution < -0.4 is 14.7 Å². The highest BCUT2D eigenvalue weighted by Gasteiger charge is 2.39. The number of para-hydroxylation sites is 3.